The van der Waals surface area contributed by atoms with Crippen molar-refractivity contribution >= 4 is 27.3 Å². The summed E-state index contributed by atoms with van der Waals surface area (Å²) < 4.78 is 6.40. The van der Waals surface area contributed by atoms with E-state index in [1.54, 1.807) is 7.11 Å². The molecule has 2 N–H and O–H groups in total. The van der Waals surface area contributed by atoms with Crippen molar-refractivity contribution < 1.29 is 14.6 Å². The molecular weight excluding hydrogens is 310 g/mol. The highest BCUT2D eigenvalue weighted by molar-refractivity contribution is 7.21. The Labute approximate surface area is 140 Å². The van der Waals surface area contributed by atoms with Crippen LogP contribution in [0.3, 0.4) is 0 Å². The second kappa shape index (κ2) is 6.59. The van der Waals surface area contributed by atoms with Crippen molar-refractivity contribution in [3.05, 3.63) is 34.7 Å². The molecule has 4 nitrogen and oxygen atoms in total. The zero-order valence-electron chi connectivity index (χ0n) is 13.6. The summed E-state index contributed by atoms with van der Waals surface area (Å²) >= 11 is 1.51. The van der Waals surface area contributed by atoms with E-state index in [1.807, 2.05) is 31.2 Å². The van der Waals surface area contributed by atoms with Crippen molar-refractivity contribution in [3.8, 4) is 0 Å². The summed E-state index contributed by atoms with van der Waals surface area (Å²) in [6.07, 6.45) is 2.92. The van der Waals surface area contributed by atoms with E-state index in [4.69, 9.17) is 4.74 Å². The topological polar surface area (TPSA) is 58.6 Å². The van der Waals surface area contributed by atoms with Gasteiger partial charge in [-0.2, -0.15) is 0 Å². The number of nitrogens with one attached hydrogen (secondary N) is 1. The van der Waals surface area contributed by atoms with Crippen LogP contribution in [0.4, 0.5) is 0 Å². The standard InChI is InChI=1S/C18H23NO3S/c1-18(11-20)9-5-8-15(18)19-17(21)16-13(10-22-2)12-6-3-4-7-14(12)23-16/h3-4,6-7,15,20H,5,8-11H2,1-2H3,(H,19,21)/t15-,18-/m1/s1. The molecule has 0 spiro atoms. The number of aliphatic hydroxyl groups is 1. The quantitative estimate of drug-likeness (QED) is 0.882. The van der Waals surface area contributed by atoms with Crippen LogP contribution >= 0.6 is 11.3 Å². The Morgan fingerprint density at radius 1 is 1.48 bits per heavy atom. The fourth-order valence-corrected chi connectivity index (χ4v) is 4.57. The number of carbonyl (C=O) groups excluding carboxylic acids is 1. The fraction of sp³-hybridized carbons (Fsp3) is 0.500. The number of amides is 1. The van der Waals surface area contributed by atoms with Gasteiger partial charge < -0.3 is 15.2 Å². The van der Waals surface area contributed by atoms with Crippen molar-refractivity contribution in [2.24, 2.45) is 5.41 Å². The number of thiophene rings is 1. The van der Waals surface area contributed by atoms with E-state index in [0.717, 1.165) is 39.8 Å². The first-order chi connectivity index (χ1) is 11.1. The molecule has 3 rings (SSSR count). The SMILES string of the molecule is COCc1c(C(=O)N[C@@H]2CCC[C@]2(C)CO)sc2ccccc12. The summed E-state index contributed by atoms with van der Waals surface area (Å²) in [6, 6.07) is 8.06. The molecule has 0 bridgehead atoms. The molecular formula is C18H23NO3S. The van der Waals surface area contributed by atoms with Crippen LogP contribution in [-0.2, 0) is 11.3 Å². The van der Waals surface area contributed by atoms with E-state index in [-0.39, 0.29) is 24.0 Å². The third-order valence-electron chi connectivity index (χ3n) is 4.94. The minimum Gasteiger partial charge on any atom is -0.396 e. The summed E-state index contributed by atoms with van der Waals surface area (Å²) in [5.74, 6) is -0.0511. The van der Waals surface area contributed by atoms with E-state index in [0.29, 0.717) is 6.61 Å². The van der Waals surface area contributed by atoms with Crippen molar-refractivity contribution in [3.63, 3.8) is 0 Å². The molecule has 1 aliphatic carbocycles. The van der Waals surface area contributed by atoms with Crippen LogP contribution in [0.2, 0.25) is 0 Å². The molecule has 1 aliphatic rings. The second-order valence-electron chi connectivity index (χ2n) is 6.57. The zero-order valence-corrected chi connectivity index (χ0v) is 14.4. The van der Waals surface area contributed by atoms with Gasteiger partial charge in [-0.05, 0) is 24.3 Å². The van der Waals surface area contributed by atoms with Gasteiger partial charge in [-0.3, -0.25) is 4.79 Å². The third kappa shape index (κ3) is 3.01. The van der Waals surface area contributed by atoms with Crippen molar-refractivity contribution in [1.82, 2.24) is 5.32 Å². The molecule has 2 aromatic rings. The second-order valence-corrected chi connectivity index (χ2v) is 7.62. The molecule has 2 atom stereocenters. The van der Waals surface area contributed by atoms with Gasteiger partial charge in [0, 0.05) is 28.8 Å². The molecule has 0 aliphatic heterocycles. The van der Waals surface area contributed by atoms with Gasteiger partial charge in [-0.25, -0.2) is 0 Å². The molecule has 0 unspecified atom stereocenters. The normalized spacial score (nSPS) is 24.2. The third-order valence-corrected chi connectivity index (χ3v) is 6.15. The summed E-state index contributed by atoms with van der Waals surface area (Å²) in [4.78, 5) is 13.6. The predicted molar refractivity (Wildman–Crippen MR) is 92.8 cm³/mol. The van der Waals surface area contributed by atoms with Gasteiger partial charge in [-0.1, -0.05) is 31.5 Å². The smallest absolute Gasteiger partial charge is 0.262 e. The van der Waals surface area contributed by atoms with Gasteiger partial charge in [0.05, 0.1) is 18.1 Å². The van der Waals surface area contributed by atoms with Crippen LogP contribution in [0.25, 0.3) is 10.1 Å². The highest BCUT2D eigenvalue weighted by atomic mass is 32.1. The number of aliphatic hydroxyl groups excluding tert-OH is 1. The van der Waals surface area contributed by atoms with E-state index in [2.05, 4.69) is 5.32 Å². The molecule has 124 valence electrons. The molecule has 1 fully saturated rings. The number of hydrogen-bond acceptors (Lipinski definition) is 4. The van der Waals surface area contributed by atoms with Gasteiger partial charge in [-0.15, -0.1) is 11.3 Å². The summed E-state index contributed by atoms with van der Waals surface area (Å²) in [5.41, 5.74) is 0.739. The monoisotopic (exact) mass is 333 g/mol. The number of rotatable bonds is 5. The summed E-state index contributed by atoms with van der Waals surface area (Å²) in [7, 11) is 1.65. The Balaban J connectivity index is 1.90. The Morgan fingerprint density at radius 2 is 2.26 bits per heavy atom. The highest BCUT2D eigenvalue weighted by Crippen LogP contribution is 2.38. The lowest BCUT2D eigenvalue weighted by atomic mass is 9.86. The predicted octanol–water partition coefficient (Wildman–Crippen LogP) is 3.33. The lowest BCUT2D eigenvalue weighted by Crippen LogP contribution is -2.44. The van der Waals surface area contributed by atoms with E-state index in [1.165, 1.54) is 11.3 Å². The maximum atomic E-state index is 12.8. The van der Waals surface area contributed by atoms with Crippen LogP contribution in [0.1, 0.15) is 41.4 Å². The van der Waals surface area contributed by atoms with Crippen molar-refractivity contribution in [2.75, 3.05) is 13.7 Å². The van der Waals surface area contributed by atoms with Crippen LogP contribution in [0.5, 0.6) is 0 Å². The van der Waals surface area contributed by atoms with Gasteiger partial charge in [0.2, 0.25) is 0 Å². The van der Waals surface area contributed by atoms with Crippen molar-refractivity contribution in [2.45, 2.75) is 38.8 Å². The van der Waals surface area contributed by atoms with Crippen LogP contribution in [-0.4, -0.2) is 30.8 Å². The van der Waals surface area contributed by atoms with E-state index < -0.39 is 0 Å². The first-order valence-electron chi connectivity index (χ1n) is 8.00. The van der Waals surface area contributed by atoms with Gasteiger partial charge >= 0.3 is 0 Å². The van der Waals surface area contributed by atoms with E-state index in [9.17, 15) is 9.90 Å². The first kappa shape index (κ1) is 16.4. The molecule has 1 heterocycles. The Kier molecular flexibility index (Phi) is 4.71. The number of methoxy groups -OCH3 is 1. The minimum absolute atomic E-state index is 0.0283. The zero-order chi connectivity index (χ0) is 16.4. The lowest BCUT2D eigenvalue weighted by molar-refractivity contribution is 0.0831. The first-order valence-corrected chi connectivity index (χ1v) is 8.82. The molecule has 1 aromatic carbocycles. The minimum atomic E-state index is -0.215. The van der Waals surface area contributed by atoms with Crippen LogP contribution < -0.4 is 5.32 Å². The highest BCUT2D eigenvalue weighted by Gasteiger charge is 2.39. The number of benzene rings is 1. The Bertz CT molecular complexity index is 711. The maximum Gasteiger partial charge on any atom is 0.262 e. The van der Waals surface area contributed by atoms with Gasteiger partial charge in [0.1, 0.15) is 0 Å². The molecule has 1 saturated carbocycles. The van der Waals surface area contributed by atoms with Gasteiger partial charge in [0.15, 0.2) is 0 Å². The summed E-state index contributed by atoms with van der Waals surface area (Å²) in [5, 5.41) is 13.9. The molecule has 1 amide bonds. The molecule has 0 radical (unpaired) electrons. The van der Waals surface area contributed by atoms with Crippen LogP contribution in [0.15, 0.2) is 24.3 Å². The lowest BCUT2D eigenvalue weighted by Gasteiger charge is -2.30. The fourth-order valence-electron chi connectivity index (χ4n) is 3.46. The molecule has 1 aromatic heterocycles. The Morgan fingerprint density at radius 3 is 3.00 bits per heavy atom. The average Bonchev–Trinajstić information content (AvgIpc) is 3.10. The van der Waals surface area contributed by atoms with E-state index >= 15 is 0 Å². The molecule has 5 heteroatoms. The molecule has 0 saturated heterocycles. The van der Waals surface area contributed by atoms with Crippen molar-refractivity contribution in [1.29, 1.82) is 0 Å². The average molecular weight is 333 g/mol. The number of hydrogen-bond donors (Lipinski definition) is 2. The number of fused-ring (bicyclic) bond motifs is 1. The summed E-state index contributed by atoms with van der Waals surface area (Å²) in [6.45, 7) is 2.58. The maximum absolute atomic E-state index is 12.8. The largest absolute Gasteiger partial charge is 0.396 e. The Hall–Kier alpha value is -1.43. The van der Waals surface area contributed by atoms with Gasteiger partial charge in [0.25, 0.3) is 5.91 Å². The van der Waals surface area contributed by atoms with Crippen LogP contribution in [0, 0.1) is 5.41 Å². The number of carbonyl (C=O) groups is 1. The molecule has 23 heavy (non-hydrogen) atoms. The number of ether oxygens (including phenoxy) is 1.